The number of carbonyl (C=O) groups is 2. The van der Waals surface area contributed by atoms with Crippen LogP contribution in [0.15, 0.2) is 24.3 Å². The number of carbonyl (C=O) groups excluding carboxylic acids is 2. The van der Waals surface area contributed by atoms with Crippen molar-refractivity contribution in [2.75, 3.05) is 26.9 Å². The first-order valence-electron chi connectivity index (χ1n) is 7.30. The highest BCUT2D eigenvalue weighted by atomic mass is 16.6. The van der Waals surface area contributed by atoms with Gasteiger partial charge in [0.1, 0.15) is 25.0 Å². The van der Waals surface area contributed by atoms with E-state index >= 15 is 0 Å². The van der Waals surface area contributed by atoms with Crippen LogP contribution >= 0.6 is 0 Å². The lowest BCUT2D eigenvalue weighted by atomic mass is 10.2. The Hall–Kier alpha value is -2.75. The highest BCUT2D eigenvalue weighted by molar-refractivity contribution is 5.82. The minimum Gasteiger partial charge on any atom is -0.490 e. The van der Waals surface area contributed by atoms with Gasteiger partial charge in [-0.2, -0.15) is 5.26 Å². The number of hydrogen-bond acceptors (Lipinski definition) is 6. The summed E-state index contributed by atoms with van der Waals surface area (Å²) in [4.78, 5) is 24.9. The summed E-state index contributed by atoms with van der Waals surface area (Å²) >= 11 is 0. The zero-order valence-electron chi connectivity index (χ0n) is 12.9. The molecular formula is C16H18N2O5. The molecule has 7 nitrogen and oxygen atoms in total. The first kappa shape index (κ1) is 16.6. The number of nitrogens with zero attached hydrogens (tertiary/aromatic N) is 2. The number of nitriles is 1. The summed E-state index contributed by atoms with van der Waals surface area (Å²) in [6.45, 7) is 0.779. The number of methoxy groups -OCH3 is 1. The van der Waals surface area contributed by atoms with E-state index < -0.39 is 18.1 Å². The molecule has 1 amide bonds. The van der Waals surface area contributed by atoms with Crippen LogP contribution in [0.4, 0.5) is 4.79 Å². The second-order valence-corrected chi connectivity index (χ2v) is 4.97. The van der Waals surface area contributed by atoms with E-state index in [2.05, 4.69) is 4.74 Å². The molecule has 0 unspecified atom stereocenters. The molecule has 0 aromatic heterocycles. The summed E-state index contributed by atoms with van der Waals surface area (Å²) in [6.07, 6.45) is 0.805. The molecule has 1 aliphatic rings. The molecule has 122 valence electrons. The van der Waals surface area contributed by atoms with E-state index in [0.717, 1.165) is 6.42 Å². The Morgan fingerprint density at radius 1 is 1.30 bits per heavy atom. The van der Waals surface area contributed by atoms with Crippen LogP contribution in [-0.2, 0) is 14.3 Å². The van der Waals surface area contributed by atoms with E-state index in [9.17, 15) is 9.59 Å². The van der Waals surface area contributed by atoms with Crippen molar-refractivity contribution in [1.29, 1.82) is 5.26 Å². The molecule has 1 saturated heterocycles. The molecular weight excluding hydrogens is 300 g/mol. The molecule has 1 aromatic rings. The van der Waals surface area contributed by atoms with E-state index in [-0.39, 0.29) is 13.2 Å². The van der Waals surface area contributed by atoms with Gasteiger partial charge in [0.05, 0.1) is 18.7 Å². The molecule has 0 radical (unpaired) electrons. The van der Waals surface area contributed by atoms with Gasteiger partial charge in [0.15, 0.2) is 0 Å². The van der Waals surface area contributed by atoms with E-state index in [0.29, 0.717) is 24.3 Å². The van der Waals surface area contributed by atoms with E-state index in [1.165, 1.54) is 12.0 Å². The zero-order chi connectivity index (χ0) is 16.7. The number of hydrogen-bond donors (Lipinski definition) is 0. The summed E-state index contributed by atoms with van der Waals surface area (Å²) in [6, 6.07) is 8.08. The molecule has 1 aliphatic heterocycles. The topological polar surface area (TPSA) is 88.9 Å². The van der Waals surface area contributed by atoms with Crippen LogP contribution < -0.4 is 4.74 Å². The molecule has 0 bridgehead atoms. The third-order valence-corrected chi connectivity index (χ3v) is 3.51. The molecule has 1 heterocycles. The molecule has 2 rings (SSSR count). The van der Waals surface area contributed by atoms with Crippen LogP contribution in [0.2, 0.25) is 0 Å². The molecule has 7 heteroatoms. The molecule has 0 aliphatic carbocycles. The Bertz CT molecular complexity index is 593. The maximum atomic E-state index is 12.0. The van der Waals surface area contributed by atoms with Crippen molar-refractivity contribution in [3.63, 3.8) is 0 Å². The van der Waals surface area contributed by atoms with E-state index in [1.54, 1.807) is 24.3 Å². The predicted molar refractivity (Wildman–Crippen MR) is 79.7 cm³/mol. The minimum absolute atomic E-state index is 0.0876. The van der Waals surface area contributed by atoms with Gasteiger partial charge in [0, 0.05) is 6.54 Å². The Kier molecular flexibility index (Phi) is 5.80. The highest BCUT2D eigenvalue weighted by Gasteiger charge is 2.35. The molecule has 0 N–H and O–H groups in total. The van der Waals surface area contributed by atoms with Crippen molar-refractivity contribution in [3.8, 4) is 11.8 Å². The molecule has 1 aromatic carbocycles. The number of likely N-dealkylation sites (tertiary alicyclic amines) is 1. The van der Waals surface area contributed by atoms with Crippen molar-refractivity contribution in [2.45, 2.75) is 18.9 Å². The number of amides is 1. The van der Waals surface area contributed by atoms with Gasteiger partial charge in [-0.1, -0.05) is 0 Å². The molecule has 23 heavy (non-hydrogen) atoms. The Balaban J connectivity index is 1.74. The lowest BCUT2D eigenvalue weighted by Gasteiger charge is -2.21. The van der Waals surface area contributed by atoms with Crippen LogP contribution in [0.25, 0.3) is 0 Å². The Labute approximate surface area is 134 Å². The maximum Gasteiger partial charge on any atom is 0.410 e. The number of esters is 1. The van der Waals surface area contributed by atoms with E-state index in [1.807, 2.05) is 6.07 Å². The second-order valence-electron chi connectivity index (χ2n) is 4.97. The summed E-state index contributed by atoms with van der Waals surface area (Å²) in [5, 5.41) is 8.70. The van der Waals surface area contributed by atoms with Gasteiger partial charge in [0.25, 0.3) is 0 Å². The van der Waals surface area contributed by atoms with Crippen molar-refractivity contribution < 1.29 is 23.8 Å². The monoisotopic (exact) mass is 318 g/mol. The second kappa shape index (κ2) is 8.03. The fourth-order valence-corrected chi connectivity index (χ4v) is 2.37. The average Bonchev–Trinajstić information content (AvgIpc) is 3.08. The van der Waals surface area contributed by atoms with E-state index in [4.69, 9.17) is 14.7 Å². The number of rotatable bonds is 5. The fraction of sp³-hybridized carbons (Fsp3) is 0.438. The third-order valence-electron chi connectivity index (χ3n) is 3.51. The SMILES string of the molecule is COC(=O)N1CCC[C@H]1C(=O)OCCOc1ccc(C#N)cc1. The van der Waals surface area contributed by atoms with Gasteiger partial charge in [-0.3, -0.25) is 4.90 Å². The zero-order valence-corrected chi connectivity index (χ0v) is 12.9. The first-order chi connectivity index (χ1) is 11.2. The largest absolute Gasteiger partial charge is 0.490 e. The molecule has 1 atom stereocenters. The normalized spacial score (nSPS) is 16.5. The smallest absolute Gasteiger partial charge is 0.410 e. The minimum atomic E-state index is -0.586. The first-order valence-corrected chi connectivity index (χ1v) is 7.30. The molecule has 0 saturated carbocycles. The van der Waals surface area contributed by atoms with Gasteiger partial charge in [-0.25, -0.2) is 9.59 Å². The quantitative estimate of drug-likeness (QED) is 0.606. The van der Waals surface area contributed by atoms with Gasteiger partial charge < -0.3 is 14.2 Å². The Morgan fingerprint density at radius 2 is 2.04 bits per heavy atom. The highest BCUT2D eigenvalue weighted by Crippen LogP contribution is 2.19. The van der Waals surface area contributed by atoms with Crippen molar-refractivity contribution in [3.05, 3.63) is 29.8 Å². The summed E-state index contributed by atoms with van der Waals surface area (Å²) in [5.41, 5.74) is 0.549. The molecule has 0 spiro atoms. The molecule has 1 fully saturated rings. The van der Waals surface area contributed by atoms with Crippen LogP contribution in [0, 0.1) is 11.3 Å². The van der Waals surface area contributed by atoms with Crippen LogP contribution in [0.1, 0.15) is 18.4 Å². The Morgan fingerprint density at radius 3 is 2.70 bits per heavy atom. The fourth-order valence-electron chi connectivity index (χ4n) is 2.37. The van der Waals surface area contributed by atoms with Gasteiger partial charge >= 0.3 is 12.1 Å². The standard InChI is InChI=1S/C16H18N2O5/c1-21-16(20)18-8-2-3-14(18)15(19)23-10-9-22-13-6-4-12(11-17)5-7-13/h4-7,14H,2-3,8-10H2,1H3/t14-/m0/s1. The van der Waals surface area contributed by atoms with Crippen molar-refractivity contribution in [1.82, 2.24) is 4.90 Å². The third kappa shape index (κ3) is 4.36. The van der Waals surface area contributed by atoms with Crippen molar-refractivity contribution >= 4 is 12.1 Å². The number of benzene rings is 1. The summed E-state index contributed by atoms with van der Waals surface area (Å²) in [5.74, 6) is 0.147. The summed E-state index contributed by atoms with van der Waals surface area (Å²) in [7, 11) is 1.29. The average molecular weight is 318 g/mol. The summed E-state index contributed by atoms with van der Waals surface area (Å²) < 4.78 is 15.2. The van der Waals surface area contributed by atoms with Crippen molar-refractivity contribution in [2.24, 2.45) is 0 Å². The van der Waals surface area contributed by atoms with Crippen LogP contribution in [0.5, 0.6) is 5.75 Å². The number of ether oxygens (including phenoxy) is 3. The van der Waals surface area contributed by atoms with Crippen LogP contribution in [-0.4, -0.2) is 49.9 Å². The van der Waals surface area contributed by atoms with Gasteiger partial charge in [-0.05, 0) is 37.1 Å². The lowest BCUT2D eigenvalue weighted by Crippen LogP contribution is -2.41. The van der Waals surface area contributed by atoms with Crippen LogP contribution in [0.3, 0.4) is 0 Å². The van der Waals surface area contributed by atoms with Gasteiger partial charge in [-0.15, -0.1) is 0 Å². The maximum absolute atomic E-state index is 12.0. The predicted octanol–water partition coefficient (Wildman–Crippen LogP) is 1.71. The lowest BCUT2D eigenvalue weighted by molar-refractivity contribution is -0.149. The van der Waals surface area contributed by atoms with Gasteiger partial charge in [0.2, 0.25) is 0 Å².